The van der Waals surface area contributed by atoms with Crippen molar-refractivity contribution in [3.8, 4) is 5.75 Å². The summed E-state index contributed by atoms with van der Waals surface area (Å²) in [5.74, 6) is 0.339. The van der Waals surface area contributed by atoms with Crippen molar-refractivity contribution in [3.05, 3.63) is 114 Å². The molecule has 1 fully saturated rings. The third-order valence-corrected chi connectivity index (χ3v) is 7.27. The summed E-state index contributed by atoms with van der Waals surface area (Å²) < 4.78 is 6.09. The number of carbonyl (C=O) groups is 2. The van der Waals surface area contributed by atoms with Crippen LogP contribution < -0.4 is 10.1 Å². The Kier molecular flexibility index (Phi) is 8.34. The highest BCUT2D eigenvalue weighted by Gasteiger charge is 2.32. The van der Waals surface area contributed by atoms with Crippen LogP contribution in [-0.2, 0) is 22.6 Å². The van der Waals surface area contributed by atoms with E-state index >= 15 is 0 Å². The quantitative estimate of drug-likeness (QED) is 0.291. The maximum atomic E-state index is 13.9. The Morgan fingerprint density at radius 3 is 2.16 bits per heavy atom. The monoisotopic (exact) mass is 506 g/mol. The number of ether oxygens (including phenoxy) is 1. The van der Waals surface area contributed by atoms with Crippen LogP contribution in [0.1, 0.15) is 36.8 Å². The van der Waals surface area contributed by atoms with Gasteiger partial charge >= 0.3 is 0 Å². The summed E-state index contributed by atoms with van der Waals surface area (Å²) in [6.45, 7) is 0.178. The molecule has 0 aromatic heterocycles. The molecule has 1 atom stereocenters. The highest BCUT2D eigenvalue weighted by atomic mass is 16.5. The first-order valence-electron chi connectivity index (χ1n) is 13.5. The average Bonchev–Trinajstić information content (AvgIpc) is 3.47. The third-order valence-electron chi connectivity index (χ3n) is 7.27. The first kappa shape index (κ1) is 25.5. The van der Waals surface area contributed by atoms with Gasteiger partial charge in [0.15, 0.2) is 6.61 Å². The zero-order valence-corrected chi connectivity index (χ0v) is 21.6. The molecule has 0 radical (unpaired) electrons. The van der Waals surface area contributed by atoms with Gasteiger partial charge in [0.25, 0.3) is 5.91 Å². The van der Waals surface area contributed by atoms with Gasteiger partial charge in [0.05, 0.1) is 0 Å². The molecule has 4 aromatic rings. The first-order chi connectivity index (χ1) is 18.7. The Hall–Kier alpha value is -4.12. The van der Waals surface area contributed by atoms with Gasteiger partial charge in [-0.2, -0.15) is 0 Å². The van der Waals surface area contributed by atoms with E-state index in [0.717, 1.165) is 47.6 Å². The molecule has 5 heteroatoms. The molecule has 1 saturated carbocycles. The van der Waals surface area contributed by atoms with E-state index in [-0.39, 0.29) is 24.5 Å². The number of nitrogens with zero attached hydrogens (tertiary/aromatic N) is 1. The summed E-state index contributed by atoms with van der Waals surface area (Å²) in [6.07, 6.45) is 4.66. The molecular weight excluding hydrogens is 472 g/mol. The number of hydrogen-bond donors (Lipinski definition) is 1. The van der Waals surface area contributed by atoms with Gasteiger partial charge in [0.2, 0.25) is 5.91 Å². The minimum Gasteiger partial charge on any atom is -0.483 e. The highest BCUT2D eigenvalue weighted by Crippen LogP contribution is 2.26. The second kappa shape index (κ2) is 12.4. The Morgan fingerprint density at radius 2 is 1.42 bits per heavy atom. The topological polar surface area (TPSA) is 58.6 Å². The molecule has 4 aromatic carbocycles. The van der Waals surface area contributed by atoms with Crippen LogP contribution >= 0.6 is 0 Å². The zero-order chi connectivity index (χ0) is 26.2. The molecule has 1 unspecified atom stereocenters. The van der Waals surface area contributed by atoms with Crippen molar-refractivity contribution in [2.24, 2.45) is 0 Å². The molecule has 0 saturated heterocycles. The van der Waals surface area contributed by atoms with Crippen LogP contribution in [0.4, 0.5) is 0 Å². The standard InChI is InChI=1S/C33H34N2O3/c36-32(24-38-31-21-11-17-27-16-7-10-20-29(27)31)35(23-26-14-5-2-6-15-26)30(22-25-12-3-1-4-13-25)33(37)34-28-18-8-9-19-28/h1-7,10-17,20-21,28,30H,8-9,18-19,22-24H2,(H,34,37). The Morgan fingerprint density at radius 1 is 0.789 bits per heavy atom. The van der Waals surface area contributed by atoms with E-state index in [9.17, 15) is 9.59 Å². The van der Waals surface area contributed by atoms with E-state index in [0.29, 0.717) is 18.7 Å². The van der Waals surface area contributed by atoms with Gasteiger partial charge in [-0.3, -0.25) is 9.59 Å². The summed E-state index contributed by atoms with van der Waals surface area (Å²) in [6, 6.07) is 33.0. The number of amides is 2. The van der Waals surface area contributed by atoms with Crippen LogP contribution in [0.15, 0.2) is 103 Å². The maximum Gasteiger partial charge on any atom is 0.261 e. The number of carbonyl (C=O) groups excluding carboxylic acids is 2. The smallest absolute Gasteiger partial charge is 0.261 e. The molecule has 0 spiro atoms. The summed E-state index contributed by atoms with van der Waals surface area (Å²) in [4.78, 5) is 29.3. The van der Waals surface area contributed by atoms with E-state index in [4.69, 9.17) is 4.74 Å². The van der Waals surface area contributed by atoms with Crippen molar-refractivity contribution < 1.29 is 14.3 Å². The van der Waals surface area contributed by atoms with Crippen LogP contribution in [0.3, 0.4) is 0 Å². The number of fused-ring (bicyclic) bond motifs is 1. The molecule has 1 N–H and O–H groups in total. The van der Waals surface area contributed by atoms with Gasteiger partial charge in [0, 0.05) is 24.4 Å². The summed E-state index contributed by atoms with van der Waals surface area (Å²) in [7, 11) is 0. The predicted octanol–water partition coefficient (Wildman–Crippen LogP) is 5.92. The highest BCUT2D eigenvalue weighted by molar-refractivity contribution is 5.90. The molecule has 2 amide bonds. The fraction of sp³-hybridized carbons (Fsp3) is 0.273. The minimum absolute atomic E-state index is 0.102. The SMILES string of the molecule is O=C(NC1CCCC1)C(Cc1ccccc1)N(Cc1ccccc1)C(=O)COc1cccc2ccccc12. The van der Waals surface area contributed by atoms with Crippen molar-refractivity contribution in [2.75, 3.05) is 6.61 Å². The van der Waals surface area contributed by atoms with Crippen molar-refractivity contribution >= 4 is 22.6 Å². The third kappa shape index (κ3) is 6.41. The molecule has 38 heavy (non-hydrogen) atoms. The second-order valence-corrected chi connectivity index (χ2v) is 9.97. The number of nitrogens with one attached hydrogen (secondary N) is 1. The second-order valence-electron chi connectivity index (χ2n) is 9.97. The first-order valence-corrected chi connectivity index (χ1v) is 13.5. The van der Waals surface area contributed by atoms with Crippen LogP contribution in [0.25, 0.3) is 10.8 Å². The Bertz CT molecular complexity index is 1350. The Balaban J connectivity index is 1.42. The van der Waals surface area contributed by atoms with Gasteiger partial charge in [-0.1, -0.05) is 110 Å². The molecule has 5 rings (SSSR count). The number of rotatable bonds is 10. The van der Waals surface area contributed by atoms with Gasteiger partial charge in [-0.05, 0) is 35.4 Å². The average molecular weight is 507 g/mol. The van der Waals surface area contributed by atoms with Crippen LogP contribution in [0.2, 0.25) is 0 Å². The molecule has 1 aliphatic rings. The molecule has 0 heterocycles. The van der Waals surface area contributed by atoms with E-state index < -0.39 is 6.04 Å². The number of hydrogen-bond acceptors (Lipinski definition) is 3. The fourth-order valence-corrected chi connectivity index (χ4v) is 5.25. The molecule has 5 nitrogen and oxygen atoms in total. The molecule has 194 valence electrons. The van der Waals surface area contributed by atoms with Crippen molar-refractivity contribution in [1.82, 2.24) is 10.2 Å². The zero-order valence-electron chi connectivity index (χ0n) is 21.6. The van der Waals surface area contributed by atoms with E-state index in [2.05, 4.69) is 5.32 Å². The minimum atomic E-state index is -0.651. The summed E-state index contributed by atoms with van der Waals surface area (Å²) in [5.41, 5.74) is 1.98. The van der Waals surface area contributed by atoms with Gasteiger partial charge in [0.1, 0.15) is 11.8 Å². The molecular formula is C33H34N2O3. The lowest BCUT2D eigenvalue weighted by molar-refractivity contribution is -0.143. The lowest BCUT2D eigenvalue weighted by atomic mass is 10.0. The van der Waals surface area contributed by atoms with Crippen LogP contribution in [0, 0.1) is 0 Å². The number of benzene rings is 4. The lowest BCUT2D eigenvalue weighted by Gasteiger charge is -2.32. The van der Waals surface area contributed by atoms with Crippen molar-refractivity contribution in [3.63, 3.8) is 0 Å². The normalized spacial score (nSPS) is 14.2. The largest absolute Gasteiger partial charge is 0.483 e. The van der Waals surface area contributed by atoms with E-state index in [1.807, 2.05) is 103 Å². The maximum absolute atomic E-state index is 13.9. The van der Waals surface area contributed by atoms with Crippen LogP contribution in [0.5, 0.6) is 5.75 Å². The van der Waals surface area contributed by atoms with Gasteiger partial charge in [-0.15, -0.1) is 0 Å². The summed E-state index contributed by atoms with van der Waals surface area (Å²) in [5, 5.41) is 5.25. The Labute approximate surface area is 224 Å². The fourth-order valence-electron chi connectivity index (χ4n) is 5.25. The molecule has 1 aliphatic carbocycles. The van der Waals surface area contributed by atoms with E-state index in [1.165, 1.54) is 0 Å². The lowest BCUT2D eigenvalue weighted by Crippen LogP contribution is -2.53. The van der Waals surface area contributed by atoms with Crippen molar-refractivity contribution in [2.45, 2.75) is 50.7 Å². The van der Waals surface area contributed by atoms with Crippen LogP contribution in [-0.4, -0.2) is 35.4 Å². The molecule has 0 bridgehead atoms. The van der Waals surface area contributed by atoms with Gasteiger partial charge < -0.3 is 15.0 Å². The summed E-state index contributed by atoms with van der Waals surface area (Å²) >= 11 is 0. The predicted molar refractivity (Wildman–Crippen MR) is 151 cm³/mol. The van der Waals surface area contributed by atoms with Crippen molar-refractivity contribution in [1.29, 1.82) is 0 Å². The van der Waals surface area contributed by atoms with Gasteiger partial charge in [-0.25, -0.2) is 0 Å². The van der Waals surface area contributed by atoms with E-state index in [1.54, 1.807) is 4.90 Å². The molecule has 0 aliphatic heterocycles.